The van der Waals surface area contributed by atoms with Gasteiger partial charge in [-0.15, -0.1) is 0 Å². The molecule has 0 radical (unpaired) electrons. The van der Waals surface area contributed by atoms with Crippen LogP contribution in [0.4, 0.5) is 4.39 Å². The molecule has 0 heterocycles. The lowest BCUT2D eigenvalue weighted by atomic mass is 9.96. The zero-order valence-corrected chi connectivity index (χ0v) is 10.8. The summed E-state index contributed by atoms with van der Waals surface area (Å²) in [5.41, 5.74) is -1.12. The summed E-state index contributed by atoms with van der Waals surface area (Å²) in [6.07, 6.45) is 1.88. The van der Waals surface area contributed by atoms with E-state index in [1.165, 1.54) is 6.07 Å². The highest BCUT2D eigenvalue weighted by molar-refractivity contribution is 9.10. The molecule has 0 aromatic heterocycles. The van der Waals surface area contributed by atoms with Gasteiger partial charge in [-0.2, -0.15) is 0 Å². The zero-order valence-electron chi connectivity index (χ0n) is 9.26. The monoisotopic (exact) mass is 288 g/mol. The quantitative estimate of drug-likeness (QED) is 0.918. The van der Waals surface area contributed by atoms with E-state index in [1.54, 1.807) is 12.1 Å². The number of carboxylic acids is 1. The second-order valence-electron chi connectivity index (χ2n) is 3.86. The van der Waals surface area contributed by atoms with E-state index < -0.39 is 11.6 Å². The summed E-state index contributed by atoms with van der Waals surface area (Å²) in [5, 5.41) is 8.77. The molecule has 16 heavy (non-hydrogen) atoms. The van der Waals surface area contributed by atoms with E-state index in [0.717, 1.165) is 29.8 Å². The third kappa shape index (κ3) is 2.61. The van der Waals surface area contributed by atoms with E-state index in [-0.39, 0.29) is 5.56 Å². The first-order chi connectivity index (χ1) is 7.39. The molecule has 0 aliphatic rings. The first-order valence-corrected chi connectivity index (χ1v) is 5.90. The van der Waals surface area contributed by atoms with Gasteiger partial charge in [0.15, 0.2) is 0 Å². The van der Waals surface area contributed by atoms with Gasteiger partial charge in [-0.05, 0) is 25.0 Å². The Morgan fingerprint density at radius 1 is 1.56 bits per heavy atom. The fraction of sp³-hybridized carbons (Fsp3) is 0.417. The maximum absolute atomic E-state index is 13.8. The fourth-order valence-corrected chi connectivity index (χ4v) is 2.01. The number of hydrogen-bond acceptors (Lipinski definition) is 1. The van der Waals surface area contributed by atoms with Gasteiger partial charge in [-0.1, -0.05) is 41.4 Å². The highest BCUT2D eigenvalue weighted by Gasteiger charge is 2.35. The molecule has 1 N–H and O–H groups in total. The number of aliphatic carboxylic acids is 1. The zero-order chi connectivity index (χ0) is 12.3. The Balaban J connectivity index is 3.10. The average Bonchev–Trinajstić information content (AvgIpc) is 2.21. The van der Waals surface area contributed by atoms with Crippen LogP contribution in [0, 0.1) is 0 Å². The second kappa shape index (κ2) is 4.95. The van der Waals surface area contributed by atoms with Crippen molar-refractivity contribution >= 4 is 21.9 Å². The predicted octanol–water partition coefficient (Wildman–Crippen LogP) is 3.67. The molecule has 1 unspecified atom stereocenters. The molecular weight excluding hydrogens is 275 g/mol. The van der Waals surface area contributed by atoms with Crippen molar-refractivity contribution in [2.45, 2.75) is 32.4 Å². The molecule has 0 aliphatic heterocycles. The van der Waals surface area contributed by atoms with Crippen LogP contribution in [0.3, 0.4) is 0 Å². The Bertz CT molecular complexity index is 402. The van der Waals surface area contributed by atoms with Crippen molar-refractivity contribution in [3.63, 3.8) is 0 Å². The van der Waals surface area contributed by atoms with Crippen LogP contribution in [-0.4, -0.2) is 11.1 Å². The highest BCUT2D eigenvalue weighted by Crippen LogP contribution is 2.30. The molecule has 1 rings (SSSR count). The smallest absolute Gasteiger partial charge is 0.345 e. The van der Waals surface area contributed by atoms with Crippen LogP contribution < -0.4 is 0 Å². The van der Waals surface area contributed by atoms with Crippen LogP contribution in [0.15, 0.2) is 22.7 Å². The summed E-state index contributed by atoms with van der Waals surface area (Å²) in [6, 6.07) is 4.84. The van der Waals surface area contributed by atoms with E-state index in [9.17, 15) is 9.18 Å². The number of carbonyl (C=O) groups is 1. The summed E-state index contributed by atoms with van der Waals surface area (Å²) >= 11 is 3.33. The first kappa shape index (κ1) is 13.2. The number of halogens is 2. The molecule has 88 valence electrons. The Labute approximate surface area is 103 Å². The SMILES string of the molecule is CCCc1ccc(C(C)(F)C(=O)O)cc1Br. The largest absolute Gasteiger partial charge is 0.479 e. The minimum atomic E-state index is -2.34. The minimum Gasteiger partial charge on any atom is -0.479 e. The summed E-state index contributed by atoms with van der Waals surface area (Å²) in [5.74, 6) is -1.47. The Kier molecular flexibility index (Phi) is 4.08. The molecule has 4 heteroatoms. The minimum absolute atomic E-state index is 0.159. The molecule has 1 atom stereocenters. The second-order valence-corrected chi connectivity index (χ2v) is 4.72. The molecule has 0 amide bonds. The third-order valence-electron chi connectivity index (χ3n) is 2.52. The Morgan fingerprint density at radius 3 is 2.62 bits per heavy atom. The molecule has 0 bridgehead atoms. The molecular formula is C12H14BrFO2. The summed E-state index contributed by atoms with van der Waals surface area (Å²) in [6.45, 7) is 3.10. The maximum Gasteiger partial charge on any atom is 0.345 e. The summed E-state index contributed by atoms with van der Waals surface area (Å²) in [7, 11) is 0. The maximum atomic E-state index is 13.8. The third-order valence-corrected chi connectivity index (χ3v) is 3.25. The summed E-state index contributed by atoms with van der Waals surface area (Å²) in [4.78, 5) is 10.8. The topological polar surface area (TPSA) is 37.3 Å². The van der Waals surface area contributed by atoms with E-state index in [0.29, 0.717) is 0 Å². The van der Waals surface area contributed by atoms with Gasteiger partial charge in [0.2, 0.25) is 5.67 Å². The standard InChI is InChI=1S/C12H14BrFO2/c1-3-4-8-5-6-9(7-10(8)13)12(2,14)11(15)16/h5-7H,3-4H2,1-2H3,(H,15,16). The van der Waals surface area contributed by atoms with Crippen molar-refractivity contribution in [2.75, 3.05) is 0 Å². The van der Waals surface area contributed by atoms with Crippen LogP contribution in [0.5, 0.6) is 0 Å². The molecule has 1 aromatic rings. The van der Waals surface area contributed by atoms with Gasteiger partial charge >= 0.3 is 5.97 Å². The van der Waals surface area contributed by atoms with Crippen LogP contribution in [0.1, 0.15) is 31.4 Å². The highest BCUT2D eigenvalue weighted by atomic mass is 79.9. The van der Waals surface area contributed by atoms with Crippen molar-refractivity contribution < 1.29 is 14.3 Å². The summed E-state index contributed by atoms with van der Waals surface area (Å²) < 4.78 is 14.6. The van der Waals surface area contributed by atoms with Crippen molar-refractivity contribution in [1.29, 1.82) is 0 Å². The molecule has 0 saturated carbocycles. The van der Waals surface area contributed by atoms with Gasteiger partial charge < -0.3 is 5.11 Å². The molecule has 0 fully saturated rings. The van der Waals surface area contributed by atoms with E-state index in [2.05, 4.69) is 22.9 Å². The van der Waals surface area contributed by atoms with Crippen molar-refractivity contribution in [2.24, 2.45) is 0 Å². The molecule has 0 aliphatic carbocycles. The number of rotatable bonds is 4. The average molecular weight is 289 g/mol. The number of aryl methyl sites for hydroxylation is 1. The van der Waals surface area contributed by atoms with E-state index in [1.807, 2.05) is 0 Å². The number of carboxylic acid groups (broad SMARTS) is 1. The Hall–Kier alpha value is -0.900. The lowest BCUT2D eigenvalue weighted by Gasteiger charge is -2.16. The van der Waals surface area contributed by atoms with Crippen molar-refractivity contribution in [3.05, 3.63) is 33.8 Å². The van der Waals surface area contributed by atoms with Crippen LogP contribution in [0.2, 0.25) is 0 Å². The van der Waals surface area contributed by atoms with Crippen LogP contribution in [0.25, 0.3) is 0 Å². The molecule has 1 aromatic carbocycles. The van der Waals surface area contributed by atoms with Crippen LogP contribution in [-0.2, 0) is 16.9 Å². The van der Waals surface area contributed by atoms with Crippen molar-refractivity contribution in [1.82, 2.24) is 0 Å². The van der Waals surface area contributed by atoms with Crippen LogP contribution >= 0.6 is 15.9 Å². The fourth-order valence-electron chi connectivity index (χ4n) is 1.43. The molecule has 2 nitrogen and oxygen atoms in total. The lowest BCUT2D eigenvalue weighted by molar-refractivity contribution is -0.150. The molecule has 0 saturated heterocycles. The number of benzene rings is 1. The molecule has 0 spiro atoms. The van der Waals surface area contributed by atoms with Gasteiger partial charge in [0.05, 0.1) is 0 Å². The normalized spacial score (nSPS) is 14.5. The van der Waals surface area contributed by atoms with Crippen molar-refractivity contribution in [3.8, 4) is 0 Å². The van der Waals surface area contributed by atoms with E-state index >= 15 is 0 Å². The van der Waals surface area contributed by atoms with Gasteiger partial charge in [-0.3, -0.25) is 0 Å². The first-order valence-electron chi connectivity index (χ1n) is 5.10. The van der Waals surface area contributed by atoms with Gasteiger partial charge in [0, 0.05) is 10.0 Å². The number of alkyl halides is 1. The predicted molar refractivity (Wildman–Crippen MR) is 64.2 cm³/mol. The lowest BCUT2D eigenvalue weighted by Crippen LogP contribution is -2.26. The van der Waals surface area contributed by atoms with Gasteiger partial charge in [0.25, 0.3) is 0 Å². The Morgan fingerprint density at radius 2 is 2.19 bits per heavy atom. The van der Waals surface area contributed by atoms with Gasteiger partial charge in [0.1, 0.15) is 0 Å². The van der Waals surface area contributed by atoms with E-state index in [4.69, 9.17) is 5.11 Å². The van der Waals surface area contributed by atoms with Gasteiger partial charge in [-0.25, -0.2) is 9.18 Å². The number of hydrogen-bond donors (Lipinski definition) is 1.